The Labute approximate surface area is 118 Å². The predicted molar refractivity (Wildman–Crippen MR) is 73.2 cm³/mol. The predicted octanol–water partition coefficient (Wildman–Crippen LogP) is 1.92. The highest BCUT2D eigenvalue weighted by Crippen LogP contribution is 2.21. The summed E-state index contributed by atoms with van der Waals surface area (Å²) in [6, 6.07) is 9.18. The second kappa shape index (κ2) is 5.19. The van der Waals surface area contributed by atoms with Crippen molar-refractivity contribution in [2.75, 3.05) is 7.11 Å². The number of rotatable bonds is 3. The number of methoxy groups -OCH3 is 1. The maximum absolute atomic E-state index is 12.2. The molecule has 2 rings (SSSR count). The Morgan fingerprint density at radius 2 is 1.72 bits per heavy atom. The monoisotopic (exact) mass is 376 g/mol. The lowest BCUT2D eigenvalue weighted by Crippen LogP contribution is -2.05. The fourth-order valence-electron chi connectivity index (χ4n) is 1.32. The number of aromatic nitrogens is 2. The highest BCUT2D eigenvalue weighted by atomic mass is 127. The van der Waals surface area contributed by atoms with Gasteiger partial charge in [0.1, 0.15) is 9.45 Å². The molecule has 0 bridgehead atoms. The summed E-state index contributed by atoms with van der Waals surface area (Å²) in [7, 11) is -2.09. The summed E-state index contributed by atoms with van der Waals surface area (Å²) in [6.45, 7) is 0. The summed E-state index contributed by atoms with van der Waals surface area (Å²) < 4.78 is 30.0. The molecule has 5 nitrogen and oxygen atoms in total. The van der Waals surface area contributed by atoms with Crippen LogP contribution >= 0.6 is 22.6 Å². The average Bonchev–Trinajstić information content (AvgIpc) is 2.39. The van der Waals surface area contributed by atoms with Crippen molar-refractivity contribution in [1.29, 1.82) is 0 Å². The number of hydrogen-bond acceptors (Lipinski definition) is 5. The van der Waals surface area contributed by atoms with Crippen molar-refractivity contribution < 1.29 is 13.2 Å². The zero-order chi connectivity index (χ0) is 13.2. The van der Waals surface area contributed by atoms with Gasteiger partial charge in [0.25, 0.3) is 0 Å². The van der Waals surface area contributed by atoms with E-state index in [0.29, 0.717) is 9.45 Å². The molecular formula is C11H9IN2O3S. The second-order valence-corrected chi connectivity index (χ2v) is 6.38. The number of sulfone groups is 1. The number of benzene rings is 1. The van der Waals surface area contributed by atoms with E-state index in [4.69, 9.17) is 4.74 Å². The first-order chi connectivity index (χ1) is 8.54. The van der Waals surface area contributed by atoms with E-state index in [-0.39, 0.29) is 9.92 Å². The topological polar surface area (TPSA) is 69.2 Å². The molecule has 0 aliphatic heterocycles. The number of ether oxygens (including phenoxy) is 1. The van der Waals surface area contributed by atoms with Gasteiger partial charge >= 0.3 is 0 Å². The van der Waals surface area contributed by atoms with Crippen LogP contribution < -0.4 is 4.74 Å². The SMILES string of the molecule is COc1ccc(S(=O)(=O)c2ccc(I)nn2)cc1. The molecular weight excluding hydrogens is 367 g/mol. The van der Waals surface area contributed by atoms with Gasteiger partial charge in [0.2, 0.25) is 9.84 Å². The molecule has 0 aliphatic carbocycles. The van der Waals surface area contributed by atoms with Crippen molar-refractivity contribution in [3.05, 3.63) is 40.1 Å². The van der Waals surface area contributed by atoms with Crippen LogP contribution in [0, 0.1) is 3.70 Å². The number of hydrogen-bond donors (Lipinski definition) is 0. The summed E-state index contributed by atoms with van der Waals surface area (Å²) >= 11 is 1.96. The third-order valence-corrected chi connectivity index (χ3v) is 4.49. The van der Waals surface area contributed by atoms with Crippen molar-refractivity contribution in [2.45, 2.75) is 9.92 Å². The van der Waals surface area contributed by atoms with Crippen molar-refractivity contribution in [3.8, 4) is 5.75 Å². The fourth-order valence-corrected chi connectivity index (χ4v) is 2.74. The number of halogens is 1. The highest BCUT2D eigenvalue weighted by molar-refractivity contribution is 14.1. The van der Waals surface area contributed by atoms with Gasteiger partial charge in [0.15, 0.2) is 5.03 Å². The third kappa shape index (κ3) is 2.61. The smallest absolute Gasteiger partial charge is 0.225 e. The van der Waals surface area contributed by atoms with Crippen LogP contribution in [0.2, 0.25) is 0 Å². The van der Waals surface area contributed by atoms with Crippen molar-refractivity contribution >= 4 is 32.4 Å². The van der Waals surface area contributed by atoms with Crippen molar-refractivity contribution in [3.63, 3.8) is 0 Å². The molecule has 0 radical (unpaired) electrons. The van der Waals surface area contributed by atoms with Crippen LogP contribution in [0.25, 0.3) is 0 Å². The minimum Gasteiger partial charge on any atom is -0.497 e. The Bertz CT molecular complexity index is 639. The van der Waals surface area contributed by atoms with E-state index in [9.17, 15) is 8.42 Å². The molecule has 0 spiro atoms. The Kier molecular flexibility index (Phi) is 3.81. The maximum atomic E-state index is 12.2. The fraction of sp³-hybridized carbons (Fsp3) is 0.0909. The molecule has 1 aromatic heterocycles. The van der Waals surface area contributed by atoms with E-state index in [1.165, 1.54) is 25.3 Å². The van der Waals surface area contributed by atoms with Crippen LogP contribution in [-0.4, -0.2) is 25.7 Å². The van der Waals surface area contributed by atoms with Gasteiger partial charge in [0.05, 0.1) is 12.0 Å². The summed E-state index contributed by atoms with van der Waals surface area (Å²) in [4.78, 5) is 0.166. The maximum Gasteiger partial charge on any atom is 0.225 e. The van der Waals surface area contributed by atoms with Gasteiger partial charge < -0.3 is 4.74 Å². The van der Waals surface area contributed by atoms with Crippen LogP contribution in [0.1, 0.15) is 0 Å². The Hall–Kier alpha value is -1.22. The zero-order valence-corrected chi connectivity index (χ0v) is 12.3. The number of nitrogens with zero attached hydrogens (tertiary/aromatic N) is 2. The molecule has 0 saturated carbocycles. The molecule has 0 aliphatic rings. The van der Waals surface area contributed by atoms with E-state index in [1.807, 2.05) is 22.6 Å². The van der Waals surface area contributed by atoms with Gasteiger partial charge in [-0.1, -0.05) is 0 Å². The molecule has 1 aromatic carbocycles. The van der Waals surface area contributed by atoms with Gasteiger partial charge in [-0.15, -0.1) is 10.2 Å². The van der Waals surface area contributed by atoms with Crippen LogP contribution in [0.4, 0.5) is 0 Å². The van der Waals surface area contributed by atoms with Gasteiger partial charge in [-0.25, -0.2) is 8.42 Å². The molecule has 0 unspecified atom stereocenters. The van der Waals surface area contributed by atoms with Gasteiger partial charge in [-0.05, 0) is 59.0 Å². The summed E-state index contributed by atoms with van der Waals surface area (Å²) in [5.74, 6) is 0.600. The third-order valence-electron chi connectivity index (χ3n) is 2.25. The van der Waals surface area contributed by atoms with E-state index in [2.05, 4.69) is 10.2 Å². The lowest BCUT2D eigenvalue weighted by atomic mass is 10.3. The van der Waals surface area contributed by atoms with E-state index >= 15 is 0 Å². The van der Waals surface area contributed by atoms with Crippen LogP contribution in [0.15, 0.2) is 46.3 Å². The molecule has 0 N–H and O–H groups in total. The van der Waals surface area contributed by atoms with E-state index in [1.54, 1.807) is 18.2 Å². The molecule has 7 heteroatoms. The van der Waals surface area contributed by atoms with Crippen molar-refractivity contribution in [2.24, 2.45) is 0 Å². The molecule has 18 heavy (non-hydrogen) atoms. The van der Waals surface area contributed by atoms with Gasteiger partial charge in [-0.3, -0.25) is 0 Å². The molecule has 94 valence electrons. The minimum absolute atomic E-state index is 0.0620. The molecule has 0 amide bonds. The summed E-state index contributed by atoms with van der Waals surface area (Å²) in [5.41, 5.74) is 0. The Balaban J connectivity index is 2.44. The quantitative estimate of drug-likeness (QED) is 0.766. The minimum atomic E-state index is -3.61. The van der Waals surface area contributed by atoms with E-state index in [0.717, 1.165) is 0 Å². The molecule has 0 atom stereocenters. The van der Waals surface area contributed by atoms with Gasteiger partial charge in [-0.2, -0.15) is 0 Å². The molecule has 0 fully saturated rings. The van der Waals surface area contributed by atoms with Crippen LogP contribution in [0.3, 0.4) is 0 Å². The van der Waals surface area contributed by atoms with Crippen molar-refractivity contribution in [1.82, 2.24) is 10.2 Å². The molecule has 0 saturated heterocycles. The van der Waals surface area contributed by atoms with Gasteiger partial charge in [0, 0.05) is 0 Å². The standard InChI is InChI=1S/C11H9IN2O3S/c1-17-8-2-4-9(5-3-8)18(15,16)11-7-6-10(12)13-14-11/h2-7H,1H3. The Morgan fingerprint density at radius 3 is 2.22 bits per heavy atom. The normalized spacial score (nSPS) is 11.2. The highest BCUT2D eigenvalue weighted by Gasteiger charge is 2.19. The zero-order valence-electron chi connectivity index (χ0n) is 9.37. The lowest BCUT2D eigenvalue weighted by molar-refractivity contribution is 0.414. The lowest BCUT2D eigenvalue weighted by Gasteiger charge is -2.04. The summed E-state index contributed by atoms with van der Waals surface area (Å²) in [6.07, 6.45) is 0. The first kappa shape index (κ1) is 13.2. The Morgan fingerprint density at radius 1 is 1.06 bits per heavy atom. The molecule has 1 heterocycles. The molecule has 2 aromatic rings. The largest absolute Gasteiger partial charge is 0.497 e. The van der Waals surface area contributed by atoms with E-state index < -0.39 is 9.84 Å². The van der Waals surface area contributed by atoms with Crippen LogP contribution in [0.5, 0.6) is 5.75 Å². The average molecular weight is 376 g/mol. The second-order valence-electron chi connectivity index (χ2n) is 3.37. The first-order valence-electron chi connectivity index (χ1n) is 4.92. The summed E-state index contributed by atoms with van der Waals surface area (Å²) in [5, 5.41) is 7.37. The first-order valence-corrected chi connectivity index (χ1v) is 7.48. The van der Waals surface area contributed by atoms with Crippen LogP contribution in [-0.2, 0) is 9.84 Å².